The Balaban J connectivity index is 2.38. The molecule has 0 spiro atoms. The molecule has 2 heterocycles. The summed E-state index contributed by atoms with van der Waals surface area (Å²) in [4.78, 5) is 30.8. The van der Waals surface area contributed by atoms with Gasteiger partial charge in [0.05, 0.1) is 11.5 Å². The minimum Gasteiger partial charge on any atom is -0.480 e. The Labute approximate surface area is 121 Å². The molecule has 1 aliphatic heterocycles. The Kier molecular flexibility index (Phi) is 4.31. The van der Waals surface area contributed by atoms with Crippen molar-refractivity contribution < 1.29 is 18.3 Å². The number of carboxylic acids is 1. The molecule has 2 rings (SSSR count). The number of hydrogen-bond donors (Lipinski definition) is 2. The number of nitrogens with zero attached hydrogens (tertiary/aromatic N) is 2. The minimum atomic E-state index is -3.16. The van der Waals surface area contributed by atoms with E-state index in [1.807, 2.05) is 6.92 Å². The van der Waals surface area contributed by atoms with E-state index < -0.39 is 21.8 Å². The van der Waals surface area contributed by atoms with E-state index in [0.717, 1.165) is 0 Å². The molecule has 1 fully saturated rings. The fourth-order valence-corrected chi connectivity index (χ4v) is 4.10. The molecule has 0 aromatic carbocycles. The van der Waals surface area contributed by atoms with E-state index in [0.29, 0.717) is 18.7 Å². The van der Waals surface area contributed by atoms with Gasteiger partial charge in [0, 0.05) is 18.5 Å². The number of H-pyrrole nitrogens is 1. The number of aromatic nitrogens is 2. The van der Waals surface area contributed by atoms with Gasteiger partial charge >= 0.3 is 5.97 Å². The third-order valence-electron chi connectivity index (χ3n) is 3.36. The van der Waals surface area contributed by atoms with Gasteiger partial charge in [0.1, 0.15) is 18.2 Å². The lowest BCUT2D eigenvalue weighted by Crippen LogP contribution is -2.41. The van der Waals surface area contributed by atoms with Crippen molar-refractivity contribution in [3.8, 4) is 0 Å². The maximum Gasteiger partial charge on any atom is 0.323 e. The molecule has 21 heavy (non-hydrogen) atoms. The molecule has 8 nitrogen and oxygen atoms in total. The Hall–Kier alpha value is -1.90. The number of aliphatic carboxylic acids is 1. The number of carbonyl (C=O) groups is 1. The fraction of sp³-hybridized carbons (Fsp3) is 0.583. The Bertz CT molecular complexity index is 697. The molecule has 0 bridgehead atoms. The zero-order valence-electron chi connectivity index (χ0n) is 11.6. The Morgan fingerprint density at radius 1 is 1.57 bits per heavy atom. The smallest absolute Gasteiger partial charge is 0.323 e. The maximum absolute atomic E-state index is 11.6. The van der Waals surface area contributed by atoms with E-state index in [4.69, 9.17) is 5.11 Å². The van der Waals surface area contributed by atoms with Crippen LogP contribution in [-0.2, 0) is 21.1 Å². The lowest BCUT2D eigenvalue weighted by molar-refractivity contribution is -0.135. The molecule has 0 radical (unpaired) electrons. The van der Waals surface area contributed by atoms with Crippen LogP contribution in [0, 0.1) is 0 Å². The normalized spacial score (nSPS) is 20.3. The molecule has 2 N–H and O–H groups in total. The SMILES string of the molecule is CCc1nc(N(CC(=O)O)C2CCS(=O)(=O)C2)cc(=O)[nH]1. The van der Waals surface area contributed by atoms with Crippen molar-refractivity contribution in [2.24, 2.45) is 0 Å². The van der Waals surface area contributed by atoms with E-state index in [2.05, 4.69) is 9.97 Å². The van der Waals surface area contributed by atoms with Crippen LogP contribution in [-0.4, -0.2) is 53.6 Å². The molecule has 1 unspecified atom stereocenters. The quantitative estimate of drug-likeness (QED) is 0.745. The summed E-state index contributed by atoms with van der Waals surface area (Å²) in [5.74, 6) is -0.540. The molecular weight excluding hydrogens is 298 g/mol. The third kappa shape index (κ3) is 3.81. The van der Waals surface area contributed by atoms with Crippen molar-refractivity contribution >= 4 is 21.6 Å². The number of aryl methyl sites for hydroxylation is 1. The summed E-state index contributed by atoms with van der Waals surface area (Å²) in [6, 6.07) is 0.734. The Morgan fingerprint density at radius 3 is 2.81 bits per heavy atom. The molecule has 0 saturated carbocycles. The molecular formula is C12H17N3O5S. The molecule has 1 aromatic rings. The average molecular weight is 315 g/mol. The lowest BCUT2D eigenvalue weighted by Gasteiger charge is -2.27. The first-order valence-corrected chi connectivity index (χ1v) is 8.42. The molecule has 0 amide bonds. The van der Waals surface area contributed by atoms with Crippen LogP contribution in [0.15, 0.2) is 10.9 Å². The number of sulfone groups is 1. The van der Waals surface area contributed by atoms with Gasteiger partial charge in [0.25, 0.3) is 5.56 Å². The van der Waals surface area contributed by atoms with E-state index in [-0.39, 0.29) is 29.4 Å². The van der Waals surface area contributed by atoms with Gasteiger partial charge in [-0.3, -0.25) is 9.59 Å². The summed E-state index contributed by atoms with van der Waals surface area (Å²) in [5, 5.41) is 9.03. The van der Waals surface area contributed by atoms with E-state index in [1.54, 1.807) is 0 Å². The van der Waals surface area contributed by atoms with E-state index in [1.165, 1.54) is 11.0 Å². The van der Waals surface area contributed by atoms with Crippen molar-refractivity contribution in [3.63, 3.8) is 0 Å². The zero-order valence-corrected chi connectivity index (χ0v) is 12.4. The summed E-state index contributed by atoms with van der Waals surface area (Å²) in [6.07, 6.45) is 0.832. The van der Waals surface area contributed by atoms with Crippen molar-refractivity contribution in [2.75, 3.05) is 23.0 Å². The van der Waals surface area contributed by atoms with Crippen LogP contribution in [0.25, 0.3) is 0 Å². The molecule has 1 atom stereocenters. The van der Waals surface area contributed by atoms with Crippen LogP contribution in [0.2, 0.25) is 0 Å². The monoisotopic (exact) mass is 315 g/mol. The van der Waals surface area contributed by atoms with E-state index >= 15 is 0 Å². The largest absolute Gasteiger partial charge is 0.480 e. The third-order valence-corrected chi connectivity index (χ3v) is 5.11. The first-order valence-electron chi connectivity index (χ1n) is 6.60. The number of rotatable bonds is 5. The highest BCUT2D eigenvalue weighted by Crippen LogP contribution is 2.22. The standard InChI is InChI=1S/C12H17N3O5S/c1-2-9-13-10(5-11(16)14-9)15(6-12(17)18)8-3-4-21(19,20)7-8/h5,8H,2-4,6-7H2,1H3,(H,17,18)(H,13,14,16). The van der Waals surface area contributed by atoms with Gasteiger partial charge < -0.3 is 15.0 Å². The highest BCUT2D eigenvalue weighted by molar-refractivity contribution is 7.91. The zero-order chi connectivity index (χ0) is 15.6. The molecule has 9 heteroatoms. The van der Waals surface area contributed by atoms with Crippen LogP contribution in [0.5, 0.6) is 0 Å². The topological polar surface area (TPSA) is 120 Å². The van der Waals surface area contributed by atoms with Gasteiger partial charge in [0.2, 0.25) is 0 Å². The highest BCUT2D eigenvalue weighted by Gasteiger charge is 2.34. The molecule has 0 aliphatic carbocycles. The summed E-state index contributed by atoms with van der Waals surface area (Å²) in [6.45, 7) is 1.42. The van der Waals surface area contributed by atoms with E-state index in [9.17, 15) is 18.0 Å². The van der Waals surface area contributed by atoms with Gasteiger partial charge in [-0.05, 0) is 6.42 Å². The first kappa shape index (κ1) is 15.5. The van der Waals surface area contributed by atoms with Crippen LogP contribution in [0.3, 0.4) is 0 Å². The van der Waals surface area contributed by atoms with Crippen LogP contribution >= 0.6 is 0 Å². The predicted molar refractivity (Wildman–Crippen MR) is 76.3 cm³/mol. The van der Waals surface area contributed by atoms with Crippen LogP contribution in [0.4, 0.5) is 5.82 Å². The summed E-state index contributed by atoms with van der Waals surface area (Å²) >= 11 is 0. The maximum atomic E-state index is 11.6. The second kappa shape index (κ2) is 5.84. The Morgan fingerprint density at radius 2 is 2.29 bits per heavy atom. The second-order valence-corrected chi connectivity index (χ2v) is 7.21. The van der Waals surface area contributed by atoms with Crippen molar-refractivity contribution in [2.45, 2.75) is 25.8 Å². The number of hydrogen-bond acceptors (Lipinski definition) is 6. The van der Waals surface area contributed by atoms with Gasteiger partial charge in [-0.1, -0.05) is 6.92 Å². The predicted octanol–water partition coefficient (Wildman–Crippen LogP) is -0.590. The molecule has 1 aliphatic rings. The molecule has 1 saturated heterocycles. The summed E-state index contributed by atoms with van der Waals surface area (Å²) < 4.78 is 23.2. The van der Waals surface area contributed by atoms with Crippen LogP contribution < -0.4 is 10.5 Å². The van der Waals surface area contributed by atoms with Crippen molar-refractivity contribution in [1.29, 1.82) is 0 Å². The minimum absolute atomic E-state index is 0.0254. The van der Waals surface area contributed by atoms with Crippen LogP contribution in [0.1, 0.15) is 19.2 Å². The first-order chi connectivity index (χ1) is 9.80. The van der Waals surface area contributed by atoms with Gasteiger partial charge in [0.15, 0.2) is 9.84 Å². The number of nitrogens with one attached hydrogen (secondary N) is 1. The lowest BCUT2D eigenvalue weighted by atomic mass is 10.2. The number of anilines is 1. The summed E-state index contributed by atoms with van der Waals surface area (Å²) in [7, 11) is -3.16. The van der Waals surface area contributed by atoms with Gasteiger partial charge in [-0.15, -0.1) is 0 Å². The second-order valence-electron chi connectivity index (χ2n) is 4.98. The van der Waals surface area contributed by atoms with Gasteiger partial charge in [-0.2, -0.15) is 0 Å². The highest BCUT2D eigenvalue weighted by atomic mass is 32.2. The summed E-state index contributed by atoms with van der Waals surface area (Å²) in [5.41, 5.74) is -0.381. The fourth-order valence-electron chi connectivity index (χ4n) is 2.37. The van der Waals surface area contributed by atoms with Crippen molar-refractivity contribution in [3.05, 3.63) is 22.2 Å². The van der Waals surface area contributed by atoms with Gasteiger partial charge in [-0.25, -0.2) is 13.4 Å². The number of aromatic amines is 1. The molecule has 116 valence electrons. The number of carboxylic acid groups (broad SMARTS) is 1. The average Bonchev–Trinajstić information content (AvgIpc) is 2.75. The molecule has 1 aromatic heterocycles. The van der Waals surface area contributed by atoms with Crippen molar-refractivity contribution in [1.82, 2.24) is 9.97 Å².